The normalized spacial score (nSPS) is 28.9. The largest absolute Gasteiger partial charge is 0.303 e. The standard InChI is InChI=1S/C15H24N4OS/c1-11(14(20)17-15-16-6-9-21-15)19-8-5-13-12(10-19)4-3-7-18(13)2/h6,9,11-13H,3-5,7-8,10H2,1-2H3,(H,16,17,20). The van der Waals surface area contributed by atoms with Gasteiger partial charge in [-0.1, -0.05) is 0 Å². The number of nitrogens with one attached hydrogen (secondary N) is 1. The Labute approximate surface area is 130 Å². The predicted octanol–water partition coefficient (Wildman–Crippen LogP) is 1.89. The van der Waals surface area contributed by atoms with Gasteiger partial charge >= 0.3 is 0 Å². The Bertz CT molecular complexity index is 478. The third-order valence-electron chi connectivity index (χ3n) is 4.97. The molecule has 0 radical (unpaired) electrons. The molecule has 21 heavy (non-hydrogen) atoms. The Kier molecular flexibility index (Phi) is 4.57. The Morgan fingerprint density at radius 2 is 2.33 bits per heavy atom. The van der Waals surface area contributed by atoms with E-state index in [9.17, 15) is 4.79 Å². The minimum atomic E-state index is -0.0814. The van der Waals surface area contributed by atoms with Crippen LogP contribution in [0.4, 0.5) is 5.13 Å². The molecule has 2 fully saturated rings. The molecule has 0 spiro atoms. The van der Waals surface area contributed by atoms with E-state index < -0.39 is 0 Å². The van der Waals surface area contributed by atoms with Gasteiger partial charge in [0.1, 0.15) is 0 Å². The topological polar surface area (TPSA) is 48.5 Å². The van der Waals surface area contributed by atoms with Crippen molar-refractivity contribution >= 4 is 22.4 Å². The fourth-order valence-electron chi connectivity index (χ4n) is 3.69. The number of piperidine rings is 2. The zero-order valence-corrected chi connectivity index (χ0v) is 13.6. The monoisotopic (exact) mass is 308 g/mol. The second-order valence-corrected chi connectivity index (χ2v) is 7.13. The van der Waals surface area contributed by atoms with E-state index in [-0.39, 0.29) is 11.9 Å². The van der Waals surface area contributed by atoms with Crippen molar-refractivity contribution in [2.45, 2.75) is 38.3 Å². The van der Waals surface area contributed by atoms with Crippen LogP contribution in [0.25, 0.3) is 0 Å². The number of anilines is 1. The van der Waals surface area contributed by atoms with Crippen molar-refractivity contribution in [2.24, 2.45) is 5.92 Å². The Morgan fingerprint density at radius 1 is 1.48 bits per heavy atom. The maximum absolute atomic E-state index is 12.3. The first-order valence-corrected chi connectivity index (χ1v) is 8.68. The van der Waals surface area contributed by atoms with Crippen LogP contribution < -0.4 is 5.32 Å². The van der Waals surface area contributed by atoms with Gasteiger partial charge in [-0.05, 0) is 45.7 Å². The molecule has 2 aliphatic heterocycles. The van der Waals surface area contributed by atoms with Crippen LogP contribution in [0.15, 0.2) is 11.6 Å². The van der Waals surface area contributed by atoms with Crippen LogP contribution >= 0.6 is 11.3 Å². The molecule has 1 aromatic rings. The molecule has 1 amide bonds. The van der Waals surface area contributed by atoms with E-state index >= 15 is 0 Å². The maximum atomic E-state index is 12.3. The fraction of sp³-hybridized carbons (Fsp3) is 0.733. The maximum Gasteiger partial charge on any atom is 0.243 e. The molecule has 3 rings (SSSR count). The lowest BCUT2D eigenvalue weighted by Gasteiger charge is -2.47. The fourth-order valence-corrected chi connectivity index (χ4v) is 4.23. The van der Waals surface area contributed by atoms with Crippen LogP contribution in [0.2, 0.25) is 0 Å². The summed E-state index contributed by atoms with van der Waals surface area (Å²) in [5.41, 5.74) is 0. The predicted molar refractivity (Wildman–Crippen MR) is 85.5 cm³/mol. The van der Waals surface area contributed by atoms with Gasteiger partial charge in [0, 0.05) is 30.7 Å². The zero-order valence-electron chi connectivity index (χ0n) is 12.8. The second kappa shape index (κ2) is 6.42. The van der Waals surface area contributed by atoms with Crippen molar-refractivity contribution in [3.63, 3.8) is 0 Å². The van der Waals surface area contributed by atoms with Gasteiger partial charge in [-0.15, -0.1) is 11.3 Å². The molecular weight excluding hydrogens is 284 g/mol. The van der Waals surface area contributed by atoms with E-state index in [1.807, 2.05) is 12.3 Å². The lowest BCUT2D eigenvalue weighted by Crippen LogP contribution is -2.56. The number of carbonyl (C=O) groups excluding carboxylic acids is 1. The highest BCUT2D eigenvalue weighted by molar-refractivity contribution is 7.13. The van der Waals surface area contributed by atoms with Gasteiger partial charge in [0.2, 0.25) is 5.91 Å². The Balaban J connectivity index is 1.58. The summed E-state index contributed by atoms with van der Waals surface area (Å²) in [6, 6.07) is 0.631. The number of hydrogen-bond acceptors (Lipinski definition) is 5. The van der Waals surface area contributed by atoms with Gasteiger partial charge in [-0.2, -0.15) is 0 Å². The van der Waals surface area contributed by atoms with Crippen molar-refractivity contribution < 1.29 is 4.79 Å². The molecule has 3 atom stereocenters. The number of amides is 1. The lowest BCUT2D eigenvalue weighted by atomic mass is 9.83. The van der Waals surface area contributed by atoms with Gasteiger partial charge in [-0.3, -0.25) is 9.69 Å². The van der Waals surface area contributed by atoms with Crippen molar-refractivity contribution in [1.82, 2.24) is 14.8 Å². The van der Waals surface area contributed by atoms with Crippen LogP contribution in [-0.4, -0.2) is 59.5 Å². The number of aromatic nitrogens is 1. The summed E-state index contributed by atoms with van der Waals surface area (Å²) < 4.78 is 0. The summed E-state index contributed by atoms with van der Waals surface area (Å²) in [7, 11) is 2.24. The molecule has 0 bridgehead atoms. The van der Waals surface area contributed by atoms with Gasteiger partial charge in [-0.25, -0.2) is 4.98 Å². The molecule has 2 saturated heterocycles. The molecule has 0 aromatic carbocycles. The highest BCUT2D eigenvalue weighted by atomic mass is 32.1. The van der Waals surface area contributed by atoms with Crippen molar-refractivity contribution in [2.75, 3.05) is 32.0 Å². The smallest absolute Gasteiger partial charge is 0.243 e. The lowest BCUT2D eigenvalue weighted by molar-refractivity contribution is -0.122. The van der Waals surface area contributed by atoms with E-state index in [1.54, 1.807) is 6.20 Å². The quantitative estimate of drug-likeness (QED) is 0.926. The van der Waals surface area contributed by atoms with E-state index in [0.29, 0.717) is 17.1 Å². The Hall–Kier alpha value is -0.980. The molecule has 0 saturated carbocycles. The minimum absolute atomic E-state index is 0.0626. The van der Waals surface area contributed by atoms with E-state index in [0.717, 1.165) is 13.1 Å². The zero-order chi connectivity index (χ0) is 14.8. The van der Waals surface area contributed by atoms with Gasteiger partial charge in [0.05, 0.1) is 6.04 Å². The molecule has 5 nitrogen and oxygen atoms in total. The van der Waals surface area contributed by atoms with Gasteiger partial charge < -0.3 is 10.2 Å². The summed E-state index contributed by atoms with van der Waals surface area (Å²) >= 11 is 1.47. The Morgan fingerprint density at radius 3 is 3.10 bits per heavy atom. The van der Waals surface area contributed by atoms with Crippen LogP contribution in [0, 0.1) is 5.92 Å². The number of fused-ring (bicyclic) bond motifs is 1. The molecule has 0 aliphatic carbocycles. The summed E-state index contributed by atoms with van der Waals surface area (Å²) in [5.74, 6) is 0.778. The summed E-state index contributed by atoms with van der Waals surface area (Å²) in [6.45, 7) is 5.29. The SMILES string of the molecule is CC(C(=O)Nc1nccs1)N1CCC2C(CCCN2C)C1. The highest BCUT2D eigenvalue weighted by Crippen LogP contribution is 2.30. The average molecular weight is 308 g/mol. The molecule has 3 heterocycles. The van der Waals surface area contributed by atoms with Crippen molar-refractivity contribution in [3.8, 4) is 0 Å². The first-order valence-electron chi connectivity index (χ1n) is 7.80. The minimum Gasteiger partial charge on any atom is -0.303 e. The second-order valence-electron chi connectivity index (χ2n) is 6.24. The number of nitrogens with zero attached hydrogens (tertiary/aromatic N) is 3. The van der Waals surface area contributed by atoms with E-state index in [2.05, 4.69) is 27.1 Å². The van der Waals surface area contributed by atoms with Crippen molar-refractivity contribution in [3.05, 3.63) is 11.6 Å². The van der Waals surface area contributed by atoms with Crippen LogP contribution in [-0.2, 0) is 4.79 Å². The van der Waals surface area contributed by atoms with Gasteiger partial charge in [0.25, 0.3) is 0 Å². The van der Waals surface area contributed by atoms with Crippen LogP contribution in [0.5, 0.6) is 0 Å². The third-order valence-corrected chi connectivity index (χ3v) is 5.66. The van der Waals surface area contributed by atoms with Crippen LogP contribution in [0.1, 0.15) is 26.2 Å². The third kappa shape index (κ3) is 3.27. The molecule has 116 valence electrons. The molecule has 6 heteroatoms. The molecular formula is C15H24N4OS. The van der Waals surface area contributed by atoms with Crippen molar-refractivity contribution in [1.29, 1.82) is 0 Å². The molecule has 1 N–H and O–H groups in total. The summed E-state index contributed by atoms with van der Waals surface area (Å²) in [6.07, 6.45) is 5.47. The number of hydrogen-bond donors (Lipinski definition) is 1. The molecule has 2 aliphatic rings. The number of carbonyl (C=O) groups is 1. The molecule has 1 aromatic heterocycles. The first-order chi connectivity index (χ1) is 10.1. The summed E-state index contributed by atoms with van der Waals surface area (Å²) in [4.78, 5) is 21.3. The summed E-state index contributed by atoms with van der Waals surface area (Å²) in [5, 5.41) is 5.49. The number of rotatable bonds is 3. The van der Waals surface area contributed by atoms with Crippen LogP contribution in [0.3, 0.4) is 0 Å². The molecule has 3 unspecified atom stereocenters. The number of thiazole rings is 1. The highest BCUT2D eigenvalue weighted by Gasteiger charge is 2.36. The first kappa shape index (κ1) is 14.9. The average Bonchev–Trinajstić information content (AvgIpc) is 2.99. The number of likely N-dealkylation sites (tertiary alicyclic amines) is 2. The van der Waals surface area contributed by atoms with Gasteiger partial charge in [0.15, 0.2) is 5.13 Å². The van der Waals surface area contributed by atoms with E-state index in [1.165, 1.54) is 37.1 Å². The van der Waals surface area contributed by atoms with E-state index in [4.69, 9.17) is 0 Å².